The molecule has 1 aromatic rings. The molecule has 1 aromatic heterocycles. The van der Waals surface area contributed by atoms with Crippen LogP contribution < -0.4 is 15.0 Å². The van der Waals surface area contributed by atoms with Crippen LogP contribution in [-0.4, -0.2) is 38.3 Å². The fourth-order valence-electron chi connectivity index (χ4n) is 1.69. The molecule has 4 heteroatoms. The molecule has 0 amide bonds. The lowest BCUT2D eigenvalue weighted by molar-refractivity contribution is -0.655. The van der Waals surface area contributed by atoms with Crippen LogP contribution in [0, 0.1) is 0 Å². The number of pyridine rings is 1. The van der Waals surface area contributed by atoms with Crippen molar-refractivity contribution in [2.45, 2.75) is 0 Å². The Labute approximate surface area is 83.9 Å². The van der Waals surface area contributed by atoms with Crippen LogP contribution in [0.15, 0.2) is 18.3 Å². The lowest BCUT2D eigenvalue weighted by atomic mass is 10.3. The summed E-state index contributed by atoms with van der Waals surface area (Å²) in [6.45, 7) is 4.56. The van der Waals surface area contributed by atoms with Gasteiger partial charge in [0.2, 0.25) is 5.88 Å². The Kier molecular flexibility index (Phi) is 2.84. The van der Waals surface area contributed by atoms with Gasteiger partial charge in [0.05, 0.1) is 45.2 Å². The Morgan fingerprint density at radius 1 is 1.36 bits per heavy atom. The summed E-state index contributed by atoms with van der Waals surface area (Å²) in [6.07, 6.45) is 1.88. The number of nitrogens with two attached hydrogens (primary N) is 1. The lowest BCUT2D eigenvalue weighted by Crippen LogP contribution is -2.89. The normalized spacial score (nSPS) is 16.8. The molecule has 14 heavy (non-hydrogen) atoms. The summed E-state index contributed by atoms with van der Waals surface area (Å²) in [5.41, 5.74) is 1.19. The summed E-state index contributed by atoms with van der Waals surface area (Å²) in [5.74, 6) is 0.678. The molecule has 1 aliphatic heterocycles. The molecule has 76 valence electrons. The summed E-state index contributed by atoms with van der Waals surface area (Å²) in [7, 11) is 1.64. The van der Waals surface area contributed by atoms with E-state index in [0.717, 1.165) is 13.1 Å². The first-order valence-electron chi connectivity index (χ1n) is 4.97. The maximum absolute atomic E-state index is 5.02. The van der Waals surface area contributed by atoms with Gasteiger partial charge in [-0.15, -0.1) is 0 Å². The van der Waals surface area contributed by atoms with Crippen molar-refractivity contribution in [2.75, 3.05) is 38.2 Å². The van der Waals surface area contributed by atoms with Gasteiger partial charge < -0.3 is 15.0 Å². The molecular formula is C10H16N3O+. The molecule has 1 fully saturated rings. The molecule has 2 N–H and O–H groups in total. The average Bonchev–Trinajstić information content (AvgIpc) is 2.30. The van der Waals surface area contributed by atoms with Crippen molar-refractivity contribution in [3.05, 3.63) is 18.3 Å². The molecule has 0 unspecified atom stereocenters. The maximum Gasteiger partial charge on any atom is 0.213 e. The second kappa shape index (κ2) is 4.28. The number of quaternary nitrogens is 1. The summed E-state index contributed by atoms with van der Waals surface area (Å²) in [6, 6.07) is 3.98. The predicted octanol–water partition coefficient (Wildman–Crippen LogP) is -0.526. The first kappa shape index (κ1) is 9.27. The third-order valence-electron chi connectivity index (χ3n) is 2.50. The van der Waals surface area contributed by atoms with Crippen molar-refractivity contribution >= 4 is 5.69 Å². The highest BCUT2D eigenvalue weighted by Gasteiger charge is 2.12. The van der Waals surface area contributed by atoms with E-state index in [2.05, 4.69) is 21.3 Å². The van der Waals surface area contributed by atoms with Gasteiger partial charge in [0.15, 0.2) is 0 Å². The fourth-order valence-corrected chi connectivity index (χ4v) is 1.69. The highest BCUT2D eigenvalue weighted by Crippen LogP contribution is 2.15. The van der Waals surface area contributed by atoms with Crippen LogP contribution in [0.25, 0.3) is 0 Å². The Balaban J connectivity index is 2.07. The largest absolute Gasteiger partial charge is 0.481 e. The molecule has 0 spiro atoms. The zero-order valence-corrected chi connectivity index (χ0v) is 8.44. The van der Waals surface area contributed by atoms with E-state index < -0.39 is 0 Å². The van der Waals surface area contributed by atoms with Crippen LogP contribution in [0.2, 0.25) is 0 Å². The highest BCUT2D eigenvalue weighted by atomic mass is 16.5. The summed E-state index contributed by atoms with van der Waals surface area (Å²) < 4.78 is 5.02. The quantitative estimate of drug-likeness (QED) is 0.688. The second-order valence-electron chi connectivity index (χ2n) is 3.41. The Hall–Kier alpha value is -1.29. The first-order valence-corrected chi connectivity index (χ1v) is 4.97. The Morgan fingerprint density at radius 3 is 2.71 bits per heavy atom. The van der Waals surface area contributed by atoms with Gasteiger partial charge in [-0.1, -0.05) is 0 Å². The van der Waals surface area contributed by atoms with E-state index in [1.807, 2.05) is 12.3 Å². The van der Waals surface area contributed by atoms with Gasteiger partial charge in [-0.3, -0.25) is 0 Å². The summed E-state index contributed by atoms with van der Waals surface area (Å²) >= 11 is 0. The smallest absolute Gasteiger partial charge is 0.213 e. The van der Waals surface area contributed by atoms with E-state index in [-0.39, 0.29) is 0 Å². The predicted molar refractivity (Wildman–Crippen MR) is 54.7 cm³/mol. The molecular weight excluding hydrogens is 178 g/mol. The van der Waals surface area contributed by atoms with Crippen molar-refractivity contribution in [1.82, 2.24) is 4.98 Å². The van der Waals surface area contributed by atoms with E-state index in [1.165, 1.54) is 18.8 Å². The van der Waals surface area contributed by atoms with Gasteiger partial charge in [0, 0.05) is 6.07 Å². The molecule has 0 saturated carbocycles. The van der Waals surface area contributed by atoms with Gasteiger partial charge >= 0.3 is 0 Å². The van der Waals surface area contributed by atoms with Crippen LogP contribution in [0.1, 0.15) is 0 Å². The number of piperazine rings is 1. The molecule has 0 atom stereocenters. The first-order chi connectivity index (χ1) is 6.90. The van der Waals surface area contributed by atoms with Gasteiger partial charge in [0.25, 0.3) is 0 Å². The second-order valence-corrected chi connectivity index (χ2v) is 3.41. The monoisotopic (exact) mass is 194 g/mol. The van der Waals surface area contributed by atoms with Crippen LogP contribution in [0.4, 0.5) is 5.69 Å². The van der Waals surface area contributed by atoms with Gasteiger partial charge in [-0.2, -0.15) is 0 Å². The molecule has 1 aliphatic rings. The van der Waals surface area contributed by atoms with E-state index >= 15 is 0 Å². The van der Waals surface area contributed by atoms with E-state index in [0.29, 0.717) is 5.88 Å². The van der Waals surface area contributed by atoms with Gasteiger partial charge in [0.1, 0.15) is 0 Å². The number of hydrogen-bond acceptors (Lipinski definition) is 3. The minimum atomic E-state index is 0.678. The number of methoxy groups -OCH3 is 1. The summed E-state index contributed by atoms with van der Waals surface area (Å²) in [5, 5.41) is 2.34. The number of nitrogens with zero attached hydrogens (tertiary/aromatic N) is 2. The molecule has 0 aromatic carbocycles. The third-order valence-corrected chi connectivity index (χ3v) is 2.50. The number of hydrogen-bond donors (Lipinski definition) is 1. The van der Waals surface area contributed by atoms with Crippen LogP contribution in [0.5, 0.6) is 5.88 Å². The zero-order chi connectivity index (χ0) is 9.80. The molecule has 4 nitrogen and oxygen atoms in total. The van der Waals surface area contributed by atoms with E-state index in [1.54, 1.807) is 7.11 Å². The van der Waals surface area contributed by atoms with Crippen molar-refractivity contribution in [1.29, 1.82) is 0 Å². The Morgan fingerprint density at radius 2 is 2.14 bits per heavy atom. The number of aromatic nitrogens is 1. The van der Waals surface area contributed by atoms with E-state index in [9.17, 15) is 0 Å². The molecule has 1 saturated heterocycles. The highest BCUT2D eigenvalue weighted by molar-refractivity contribution is 5.45. The molecule has 0 bridgehead atoms. The van der Waals surface area contributed by atoms with Crippen LogP contribution in [-0.2, 0) is 0 Å². The minimum absolute atomic E-state index is 0.678. The molecule has 2 rings (SSSR count). The topological polar surface area (TPSA) is 42.0 Å². The average molecular weight is 194 g/mol. The van der Waals surface area contributed by atoms with Gasteiger partial charge in [-0.25, -0.2) is 4.98 Å². The standard InChI is InChI=1S/C10H15N3O/c1-14-10-3-2-9(8-12-10)13-6-4-11-5-7-13/h2-3,8,11H,4-7H2,1H3/p+1. The minimum Gasteiger partial charge on any atom is -0.481 e. The number of anilines is 1. The van der Waals surface area contributed by atoms with E-state index in [4.69, 9.17) is 4.74 Å². The zero-order valence-electron chi connectivity index (χ0n) is 8.44. The fraction of sp³-hybridized carbons (Fsp3) is 0.500. The third kappa shape index (κ3) is 1.96. The molecule has 0 aliphatic carbocycles. The molecule has 2 heterocycles. The Bertz CT molecular complexity index is 280. The summed E-state index contributed by atoms with van der Waals surface area (Å²) in [4.78, 5) is 6.55. The SMILES string of the molecule is COc1ccc(N2CC[NH2+]CC2)cn1. The number of rotatable bonds is 2. The van der Waals surface area contributed by atoms with Crippen molar-refractivity contribution in [3.8, 4) is 5.88 Å². The van der Waals surface area contributed by atoms with Gasteiger partial charge in [-0.05, 0) is 6.07 Å². The van der Waals surface area contributed by atoms with Crippen molar-refractivity contribution in [3.63, 3.8) is 0 Å². The molecule has 0 radical (unpaired) electrons. The van der Waals surface area contributed by atoms with Crippen LogP contribution >= 0.6 is 0 Å². The van der Waals surface area contributed by atoms with Crippen molar-refractivity contribution < 1.29 is 10.1 Å². The van der Waals surface area contributed by atoms with Crippen molar-refractivity contribution in [2.24, 2.45) is 0 Å². The maximum atomic E-state index is 5.02. The number of ether oxygens (including phenoxy) is 1. The lowest BCUT2D eigenvalue weighted by Gasteiger charge is -2.26. The van der Waals surface area contributed by atoms with Crippen LogP contribution in [0.3, 0.4) is 0 Å².